The Balaban J connectivity index is 2.64. The number of benzene rings is 1. The fraction of sp³-hybridized carbons (Fsp3) is 0.462. The summed E-state index contributed by atoms with van der Waals surface area (Å²) in [6.45, 7) is 5.91. The zero-order valence-electron chi connectivity index (χ0n) is 10.5. The highest BCUT2D eigenvalue weighted by molar-refractivity contribution is 9.10. The van der Waals surface area contributed by atoms with Gasteiger partial charge in [0.1, 0.15) is 0 Å². The quantitative estimate of drug-likeness (QED) is 0.927. The van der Waals surface area contributed by atoms with Crippen LogP contribution in [0.2, 0.25) is 0 Å². The van der Waals surface area contributed by atoms with Crippen molar-refractivity contribution in [1.82, 2.24) is 0 Å². The minimum absolute atomic E-state index is 0.177. The number of rotatable bonds is 3. The van der Waals surface area contributed by atoms with Crippen molar-refractivity contribution in [2.24, 2.45) is 0 Å². The SMILES string of the molecule is CC(C)c1c(C(C)C(=O)O)cc2c(c1Br)OCO2. The van der Waals surface area contributed by atoms with E-state index in [9.17, 15) is 9.90 Å². The predicted molar refractivity (Wildman–Crippen MR) is 70.4 cm³/mol. The van der Waals surface area contributed by atoms with Gasteiger partial charge in [-0.3, -0.25) is 4.79 Å². The van der Waals surface area contributed by atoms with E-state index in [1.54, 1.807) is 13.0 Å². The Bertz CT molecular complexity index is 496. The van der Waals surface area contributed by atoms with Crippen LogP contribution < -0.4 is 9.47 Å². The molecule has 0 saturated heterocycles. The second-order valence-corrected chi connectivity index (χ2v) is 5.43. The van der Waals surface area contributed by atoms with Gasteiger partial charge in [-0.15, -0.1) is 0 Å². The Hall–Kier alpha value is -1.23. The van der Waals surface area contributed by atoms with Crippen LogP contribution in [0, 0.1) is 0 Å². The summed E-state index contributed by atoms with van der Waals surface area (Å²) in [6, 6.07) is 1.78. The molecule has 0 fully saturated rings. The second-order valence-electron chi connectivity index (χ2n) is 4.64. The molecular weight excluding hydrogens is 300 g/mol. The Morgan fingerprint density at radius 2 is 2.06 bits per heavy atom. The third-order valence-electron chi connectivity index (χ3n) is 3.09. The van der Waals surface area contributed by atoms with E-state index in [0.29, 0.717) is 11.5 Å². The summed E-state index contributed by atoms with van der Waals surface area (Å²) in [6.07, 6.45) is 0. The first-order chi connectivity index (χ1) is 8.43. The number of halogens is 1. The Morgan fingerprint density at radius 3 is 2.61 bits per heavy atom. The van der Waals surface area contributed by atoms with Gasteiger partial charge in [-0.05, 0) is 46.0 Å². The van der Waals surface area contributed by atoms with Gasteiger partial charge in [0.15, 0.2) is 11.5 Å². The van der Waals surface area contributed by atoms with Gasteiger partial charge in [0.05, 0.1) is 10.4 Å². The van der Waals surface area contributed by atoms with Crippen LogP contribution in [0.3, 0.4) is 0 Å². The van der Waals surface area contributed by atoms with Crippen LogP contribution in [0.4, 0.5) is 0 Å². The van der Waals surface area contributed by atoms with Crippen LogP contribution in [0.5, 0.6) is 11.5 Å². The summed E-state index contributed by atoms with van der Waals surface area (Å²) in [7, 11) is 0. The molecule has 0 aliphatic carbocycles. The zero-order chi connectivity index (χ0) is 13.4. The number of carboxylic acid groups (broad SMARTS) is 1. The molecule has 1 aromatic rings. The lowest BCUT2D eigenvalue weighted by molar-refractivity contribution is -0.138. The van der Waals surface area contributed by atoms with Gasteiger partial charge in [0.2, 0.25) is 6.79 Å². The van der Waals surface area contributed by atoms with E-state index in [2.05, 4.69) is 15.9 Å². The first-order valence-corrected chi connectivity index (χ1v) is 6.57. The summed E-state index contributed by atoms with van der Waals surface area (Å²) in [4.78, 5) is 11.2. The third-order valence-corrected chi connectivity index (χ3v) is 3.88. The first-order valence-electron chi connectivity index (χ1n) is 5.78. The maximum atomic E-state index is 11.2. The van der Waals surface area contributed by atoms with Gasteiger partial charge in [-0.25, -0.2) is 0 Å². The van der Waals surface area contributed by atoms with Crippen molar-refractivity contribution in [3.63, 3.8) is 0 Å². The number of ether oxygens (including phenoxy) is 2. The minimum atomic E-state index is -0.845. The number of aliphatic carboxylic acids is 1. The molecule has 2 rings (SSSR count). The highest BCUT2D eigenvalue weighted by Gasteiger charge is 2.28. The molecule has 1 atom stereocenters. The Labute approximate surface area is 114 Å². The molecule has 98 valence electrons. The van der Waals surface area contributed by atoms with Gasteiger partial charge in [0.25, 0.3) is 0 Å². The van der Waals surface area contributed by atoms with Crippen molar-refractivity contribution in [3.05, 3.63) is 21.7 Å². The van der Waals surface area contributed by atoms with Crippen LogP contribution in [0.15, 0.2) is 10.5 Å². The van der Waals surface area contributed by atoms with Crippen LogP contribution in [0.25, 0.3) is 0 Å². The molecule has 5 heteroatoms. The highest BCUT2D eigenvalue weighted by atomic mass is 79.9. The van der Waals surface area contributed by atoms with Gasteiger partial charge < -0.3 is 14.6 Å². The minimum Gasteiger partial charge on any atom is -0.481 e. The van der Waals surface area contributed by atoms with Crippen molar-refractivity contribution in [1.29, 1.82) is 0 Å². The fourth-order valence-corrected chi connectivity index (χ4v) is 3.11. The summed E-state index contributed by atoms with van der Waals surface area (Å²) in [5.74, 6) is 0.0518. The molecule has 0 spiro atoms. The lowest BCUT2D eigenvalue weighted by atomic mass is 9.89. The van der Waals surface area contributed by atoms with E-state index in [-0.39, 0.29) is 12.7 Å². The molecule has 1 heterocycles. The molecule has 1 N–H and O–H groups in total. The van der Waals surface area contributed by atoms with Gasteiger partial charge >= 0.3 is 5.97 Å². The zero-order valence-corrected chi connectivity index (χ0v) is 12.1. The molecule has 0 bridgehead atoms. The number of carbonyl (C=O) groups is 1. The van der Waals surface area contributed by atoms with E-state index in [1.165, 1.54) is 0 Å². The van der Waals surface area contributed by atoms with E-state index < -0.39 is 11.9 Å². The molecule has 1 aliphatic heterocycles. The van der Waals surface area contributed by atoms with Crippen LogP contribution >= 0.6 is 15.9 Å². The van der Waals surface area contributed by atoms with Gasteiger partial charge in [-0.1, -0.05) is 13.8 Å². The molecule has 18 heavy (non-hydrogen) atoms. The molecule has 1 unspecified atom stereocenters. The van der Waals surface area contributed by atoms with Gasteiger partial charge in [0, 0.05) is 0 Å². The molecule has 0 radical (unpaired) electrons. The number of hydrogen-bond donors (Lipinski definition) is 1. The fourth-order valence-electron chi connectivity index (χ4n) is 2.11. The van der Waals surface area contributed by atoms with Crippen LogP contribution in [-0.2, 0) is 4.79 Å². The van der Waals surface area contributed by atoms with E-state index >= 15 is 0 Å². The molecule has 4 nitrogen and oxygen atoms in total. The summed E-state index contributed by atoms with van der Waals surface area (Å²) in [5.41, 5.74) is 1.74. The van der Waals surface area contributed by atoms with Crippen molar-refractivity contribution in [3.8, 4) is 11.5 Å². The van der Waals surface area contributed by atoms with E-state index in [0.717, 1.165) is 15.6 Å². The number of fused-ring (bicyclic) bond motifs is 1. The molecule has 0 saturated carbocycles. The van der Waals surface area contributed by atoms with Crippen molar-refractivity contribution < 1.29 is 19.4 Å². The predicted octanol–water partition coefficient (Wildman–Crippen LogP) is 3.49. The van der Waals surface area contributed by atoms with Crippen LogP contribution in [0.1, 0.15) is 43.7 Å². The molecule has 1 aromatic carbocycles. The Morgan fingerprint density at radius 1 is 1.39 bits per heavy atom. The average Bonchev–Trinajstić information content (AvgIpc) is 2.75. The highest BCUT2D eigenvalue weighted by Crippen LogP contribution is 2.46. The number of carboxylic acids is 1. The molecule has 1 aliphatic rings. The van der Waals surface area contributed by atoms with Crippen molar-refractivity contribution >= 4 is 21.9 Å². The first kappa shape index (κ1) is 13.2. The topological polar surface area (TPSA) is 55.8 Å². The number of hydrogen-bond acceptors (Lipinski definition) is 3. The second kappa shape index (κ2) is 4.80. The standard InChI is InChI=1S/C13H15BrO4/c1-6(2)10-8(7(3)13(15)16)4-9-12(11(10)14)18-5-17-9/h4,6-7H,5H2,1-3H3,(H,15,16). The molecule has 0 amide bonds. The summed E-state index contributed by atoms with van der Waals surface area (Å²) < 4.78 is 11.5. The Kier molecular flexibility index (Phi) is 3.52. The summed E-state index contributed by atoms with van der Waals surface area (Å²) >= 11 is 3.50. The normalized spacial score (nSPS) is 14.9. The smallest absolute Gasteiger partial charge is 0.310 e. The molecular formula is C13H15BrO4. The monoisotopic (exact) mass is 314 g/mol. The molecule has 0 aromatic heterocycles. The largest absolute Gasteiger partial charge is 0.481 e. The van der Waals surface area contributed by atoms with Crippen molar-refractivity contribution in [2.75, 3.05) is 6.79 Å². The summed E-state index contributed by atoms with van der Waals surface area (Å²) in [5, 5.41) is 9.19. The third kappa shape index (κ3) is 2.07. The van der Waals surface area contributed by atoms with Gasteiger partial charge in [-0.2, -0.15) is 0 Å². The van der Waals surface area contributed by atoms with E-state index in [4.69, 9.17) is 9.47 Å². The van der Waals surface area contributed by atoms with Crippen molar-refractivity contribution in [2.45, 2.75) is 32.6 Å². The maximum Gasteiger partial charge on any atom is 0.310 e. The lowest BCUT2D eigenvalue weighted by Gasteiger charge is -2.19. The maximum absolute atomic E-state index is 11.2. The average molecular weight is 315 g/mol. The van der Waals surface area contributed by atoms with E-state index in [1.807, 2.05) is 13.8 Å². The van der Waals surface area contributed by atoms with Crippen LogP contribution in [-0.4, -0.2) is 17.9 Å². The lowest BCUT2D eigenvalue weighted by Crippen LogP contribution is -2.11.